The van der Waals surface area contributed by atoms with Gasteiger partial charge in [0.25, 0.3) is 0 Å². The highest BCUT2D eigenvalue weighted by Crippen LogP contribution is 2.13. The van der Waals surface area contributed by atoms with Crippen molar-refractivity contribution in [3.05, 3.63) is 23.9 Å². The second-order valence-electron chi connectivity index (χ2n) is 3.39. The van der Waals surface area contributed by atoms with Gasteiger partial charge < -0.3 is 15.6 Å². The number of hydrogen-bond donors (Lipinski definition) is 2. The van der Waals surface area contributed by atoms with Crippen molar-refractivity contribution in [1.82, 2.24) is 4.98 Å². The number of hydrogen-bond acceptors (Lipinski definition) is 4. The second-order valence-corrected chi connectivity index (χ2v) is 3.39. The quantitative estimate of drug-likeness (QED) is 0.749. The van der Waals surface area contributed by atoms with E-state index in [1.807, 2.05) is 19.9 Å². The molecule has 0 aliphatic carbocycles. The SMILES string of the molecule is CC(C)Oc1ccc([C@@H](N)CO)cn1. The van der Waals surface area contributed by atoms with Crippen LogP contribution in [-0.4, -0.2) is 22.8 Å². The zero-order valence-electron chi connectivity index (χ0n) is 8.47. The van der Waals surface area contributed by atoms with E-state index in [1.165, 1.54) is 0 Å². The molecule has 0 spiro atoms. The van der Waals surface area contributed by atoms with Crippen LogP contribution in [0.1, 0.15) is 25.5 Å². The molecule has 1 aromatic rings. The third kappa shape index (κ3) is 2.97. The first kappa shape index (κ1) is 10.9. The van der Waals surface area contributed by atoms with Crippen LogP contribution in [0, 0.1) is 0 Å². The lowest BCUT2D eigenvalue weighted by Gasteiger charge is -2.11. The summed E-state index contributed by atoms with van der Waals surface area (Å²) in [5, 5.41) is 8.82. The van der Waals surface area contributed by atoms with Gasteiger partial charge in [0.1, 0.15) is 0 Å². The first-order valence-corrected chi connectivity index (χ1v) is 4.62. The van der Waals surface area contributed by atoms with Gasteiger partial charge in [-0.1, -0.05) is 6.07 Å². The van der Waals surface area contributed by atoms with Gasteiger partial charge in [0.05, 0.1) is 18.8 Å². The highest BCUT2D eigenvalue weighted by Gasteiger charge is 2.05. The summed E-state index contributed by atoms with van der Waals surface area (Å²) >= 11 is 0. The maximum Gasteiger partial charge on any atom is 0.213 e. The lowest BCUT2D eigenvalue weighted by atomic mass is 10.1. The van der Waals surface area contributed by atoms with Gasteiger partial charge in [0.15, 0.2) is 0 Å². The van der Waals surface area contributed by atoms with Crippen LogP contribution in [-0.2, 0) is 0 Å². The van der Waals surface area contributed by atoms with Crippen LogP contribution in [0.25, 0.3) is 0 Å². The van der Waals surface area contributed by atoms with E-state index in [4.69, 9.17) is 15.6 Å². The van der Waals surface area contributed by atoms with Crippen molar-refractivity contribution in [2.45, 2.75) is 26.0 Å². The highest BCUT2D eigenvalue weighted by atomic mass is 16.5. The predicted octanol–water partition coefficient (Wildman–Crippen LogP) is 0.861. The Morgan fingerprint density at radius 2 is 2.21 bits per heavy atom. The number of nitrogens with two attached hydrogens (primary N) is 1. The van der Waals surface area contributed by atoms with Gasteiger partial charge >= 0.3 is 0 Å². The topological polar surface area (TPSA) is 68.4 Å². The molecule has 14 heavy (non-hydrogen) atoms. The van der Waals surface area contributed by atoms with E-state index < -0.39 is 0 Å². The molecule has 0 aliphatic rings. The van der Waals surface area contributed by atoms with Crippen LogP contribution < -0.4 is 10.5 Å². The largest absolute Gasteiger partial charge is 0.475 e. The Kier molecular flexibility index (Phi) is 3.85. The Balaban J connectivity index is 2.68. The second kappa shape index (κ2) is 4.93. The highest BCUT2D eigenvalue weighted by molar-refractivity contribution is 5.20. The van der Waals surface area contributed by atoms with E-state index in [2.05, 4.69) is 4.98 Å². The van der Waals surface area contributed by atoms with Crippen molar-refractivity contribution < 1.29 is 9.84 Å². The summed E-state index contributed by atoms with van der Waals surface area (Å²) in [6.07, 6.45) is 1.73. The summed E-state index contributed by atoms with van der Waals surface area (Å²) in [6, 6.07) is 3.20. The molecule has 1 rings (SSSR count). The molecular weight excluding hydrogens is 180 g/mol. The summed E-state index contributed by atoms with van der Waals surface area (Å²) in [5.74, 6) is 0.578. The third-order valence-electron chi connectivity index (χ3n) is 1.74. The first-order chi connectivity index (χ1) is 6.63. The minimum Gasteiger partial charge on any atom is -0.475 e. The molecular formula is C10H16N2O2. The fourth-order valence-electron chi connectivity index (χ4n) is 1.03. The lowest BCUT2D eigenvalue weighted by molar-refractivity contribution is 0.232. The summed E-state index contributed by atoms with van der Waals surface area (Å²) in [6.45, 7) is 3.80. The summed E-state index contributed by atoms with van der Waals surface area (Å²) in [5.41, 5.74) is 6.42. The van der Waals surface area contributed by atoms with Crippen LogP contribution in [0.4, 0.5) is 0 Å². The van der Waals surface area contributed by atoms with Gasteiger partial charge in [0.2, 0.25) is 5.88 Å². The summed E-state index contributed by atoms with van der Waals surface area (Å²) < 4.78 is 5.37. The van der Waals surface area contributed by atoms with Crippen molar-refractivity contribution in [1.29, 1.82) is 0 Å². The number of ether oxygens (including phenoxy) is 1. The zero-order valence-corrected chi connectivity index (χ0v) is 8.47. The van der Waals surface area contributed by atoms with E-state index in [1.54, 1.807) is 12.3 Å². The first-order valence-electron chi connectivity index (χ1n) is 4.62. The van der Waals surface area contributed by atoms with Crippen LogP contribution in [0.5, 0.6) is 5.88 Å². The number of nitrogens with zero attached hydrogens (tertiary/aromatic N) is 1. The molecule has 0 aliphatic heterocycles. The number of pyridine rings is 1. The minimum absolute atomic E-state index is 0.0773. The van der Waals surface area contributed by atoms with Gasteiger partial charge in [-0.2, -0.15) is 0 Å². The van der Waals surface area contributed by atoms with Crippen molar-refractivity contribution >= 4 is 0 Å². The van der Waals surface area contributed by atoms with Gasteiger partial charge in [0, 0.05) is 12.3 Å². The number of aromatic nitrogens is 1. The van der Waals surface area contributed by atoms with E-state index in [9.17, 15) is 0 Å². The lowest BCUT2D eigenvalue weighted by Crippen LogP contribution is -2.15. The van der Waals surface area contributed by atoms with Gasteiger partial charge in [-0.05, 0) is 19.4 Å². The average molecular weight is 196 g/mol. The molecule has 4 heteroatoms. The fourth-order valence-corrected chi connectivity index (χ4v) is 1.03. The molecule has 0 saturated carbocycles. The van der Waals surface area contributed by atoms with Crippen LogP contribution >= 0.6 is 0 Å². The number of rotatable bonds is 4. The van der Waals surface area contributed by atoms with Crippen molar-refractivity contribution in [3.8, 4) is 5.88 Å². The molecule has 1 atom stereocenters. The van der Waals surface area contributed by atoms with E-state index in [-0.39, 0.29) is 18.8 Å². The van der Waals surface area contributed by atoms with E-state index in [0.29, 0.717) is 5.88 Å². The number of aliphatic hydroxyl groups is 1. The molecule has 78 valence electrons. The Morgan fingerprint density at radius 3 is 2.64 bits per heavy atom. The van der Waals surface area contributed by atoms with Crippen LogP contribution in [0.2, 0.25) is 0 Å². The van der Waals surface area contributed by atoms with Gasteiger partial charge in [-0.25, -0.2) is 4.98 Å². The molecule has 1 aromatic heterocycles. The van der Waals surface area contributed by atoms with Crippen LogP contribution in [0.15, 0.2) is 18.3 Å². The smallest absolute Gasteiger partial charge is 0.213 e. The Bertz CT molecular complexity index is 272. The Hall–Kier alpha value is -1.13. The summed E-state index contributed by atoms with van der Waals surface area (Å²) in [7, 11) is 0. The third-order valence-corrected chi connectivity index (χ3v) is 1.74. The van der Waals surface area contributed by atoms with E-state index >= 15 is 0 Å². The Labute approximate surface area is 83.7 Å². The maximum atomic E-state index is 8.82. The molecule has 0 unspecified atom stereocenters. The molecule has 0 bridgehead atoms. The van der Waals surface area contributed by atoms with Crippen molar-refractivity contribution in [2.75, 3.05) is 6.61 Å². The number of aliphatic hydroxyl groups excluding tert-OH is 1. The Morgan fingerprint density at radius 1 is 1.50 bits per heavy atom. The molecule has 0 saturated heterocycles. The predicted molar refractivity (Wildman–Crippen MR) is 54.0 cm³/mol. The zero-order chi connectivity index (χ0) is 10.6. The molecule has 0 radical (unpaired) electrons. The van der Waals surface area contributed by atoms with Gasteiger partial charge in [-0.15, -0.1) is 0 Å². The fraction of sp³-hybridized carbons (Fsp3) is 0.500. The standard InChI is InChI=1S/C10H16N2O2/c1-7(2)14-10-4-3-8(5-12-10)9(11)6-13/h3-5,7,9,13H,6,11H2,1-2H3/t9-/m0/s1. The molecule has 1 heterocycles. The average Bonchev–Trinajstić information content (AvgIpc) is 2.17. The molecule has 3 N–H and O–H groups in total. The van der Waals surface area contributed by atoms with Crippen molar-refractivity contribution in [3.63, 3.8) is 0 Å². The normalized spacial score (nSPS) is 12.9. The summed E-state index contributed by atoms with van der Waals surface area (Å²) in [4.78, 5) is 4.07. The minimum atomic E-state index is -0.365. The molecule has 4 nitrogen and oxygen atoms in total. The van der Waals surface area contributed by atoms with E-state index in [0.717, 1.165) is 5.56 Å². The van der Waals surface area contributed by atoms with Crippen molar-refractivity contribution in [2.24, 2.45) is 5.73 Å². The molecule has 0 amide bonds. The maximum absolute atomic E-state index is 8.82. The monoisotopic (exact) mass is 196 g/mol. The molecule has 0 aromatic carbocycles. The van der Waals surface area contributed by atoms with Crippen LogP contribution in [0.3, 0.4) is 0 Å². The molecule has 0 fully saturated rings. The van der Waals surface area contributed by atoms with Gasteiger partial charge in [-0.3, -0.25) is 0 Å².